The molecule has 0 radical (unpaired) electrons. The first-order chi connectivity index (χ1) is 12.8. The van der Waals surface area contributed by atoms with E-state index in [2.05, 4.69) is 10.6 Å². The van der Waals surface area contributed by atoms with Gasteiger partial charge in [-0.05, 0) is 36.6 Å². The molecule has 142 valence electrons. The second-order valence-corrected chi connectivity index (χ2v) is 6.31. The van der Waals surface area contributed by atoms with Gasteiger partial charge in [0.2, 0.25) is 5.91 Å². The van der Waals surface area contributed by atoms with Crippen LogP contribution in [0.4, 0.5) is 5.69 Å². The van der Waals surface area contributed by atoms with Crippen LogP contribution in [-0.4, -0.2) is 36.2 Å². The maximum Gasteiger partial charge on any atom is 0.225 e. The van der Waals surface area contributed by atoms with Gasteiger partial charge in [-0.1, -0.05) is 24.3 Å². The zero-order valence-corrected chi connectivity index (χ0v) is 15.4. The Labute approximate surface area is 158 Å². The molecule has 0 aliphatic rings. The van der Waals surface area contributed by atoms with Crippen LogP contribution in [0, 0.1) is 12.3 Å². The standard InChI is InChI=1S/C20H24N4O3/c1-12-6-7-17(23-2)19(27)16(12)10-18(26)24-15(11-25)9-13-4-3-5-14(8-13)20(21)22/h3-8,11,15,23,27H,9-10H2,1-2H3,(H3,21,22)(H,24,26). The number of aromatic hydroxyl groups is 1. The van der Waals surface area contributed by atoms with Crippen molar-refractivity contribution in [2.75, 3.05) is 12.4 Å². The fourth-order valence-electron chi connectivity index (χ4n) is 2.83. The van der Waals surface area contributed by atoms with Gasteiger partial charge in [-0.25, -0.2) is 0 Å². The number of nitrogens with one attached hydrogen (secondary N) is 3. The number of hydrogen-bond acceptors (Lipinski definition) is 5. The second-order valence-electron chi connectivity index (χ2n) is 6.31. The predicted molar refractivity (Wildman–Crippen MR) is 105 cm³/mol. The van der Waals surface area contributed by atoms with E-state index >= 15 is 0 Å². The molecule has 2 aromatic rings. The van der Waals surface area contributed by atoms with Crippen LogP contribution in [0.15, 0.2) is 36.4 Å². The van der Waals surface area contributed by atoms with Gasteiger partial charge in [0.15, 0.2) is 0 Å². The Kier molecular flexibility index (Phi) is 6.54. The summed E-state index contributed by atoms with van der Waals surface area (Å²) in [6.45, 7) is 1.81. The fourth-order valence-corrected chi connectivity index (χ4v) is 2.83. The smallest absolute Gasteiger partial charge is 0.225 e. The number of carbonyl (C=O) groups excluding carboxylic acids is 2. The summed E-state index contributed by atoms with van der Waals surface area (Å²) in [5.41, 5.74) is 8.68. The van der Waals surface area contributed by atoms with Gasteiger partial charge in [0.25, 0.3) is 0 Å². The first-order valence-corrected chi connectivity index (χ1v) is 8.53. The molecule has 0 spiro atoms. The highest BCUT2D eigenvalue weighted by Gasteiger charge is 2.17. The van der Waals surface area contributed by atoms with Crippen molar-refractivity contribution in [3.8, 4) is 5.75 Å². The molecular formula is C20H24N4O3. The number of amidine groups is 1. The highest BCUT2D eigenvalue weighted by molar-refractivity contribution is 5.95. The lowest BCUT2D eigenvalue weighted by Crippen LogP contribution is -2.38. The normalized spacial score (nSPS) is 11.5. The van der Waals surface area contributed by atoms with Crippen molar-refractivity contribution >= 4 is 23.7 Å². The monoisotopic (exact) mass is 368 g/mol. The second kappa shape index (κ2) is 8.84. The third-order valence-corrected chi connectivity index (χ3v) is 4.33. The lowest BCUT2D eigenvalue weighted by molar-refractivity contribution is -0.123. The number of phenols is 1. The molecule has 0 saturated heterocycles. The van der Waals surface area contributed by atoms with Crippen LogP contribution in [0.2, 0.25) is 0 Å². The zero-order chi connectivity index (χ0) is 20.0. The van der Waals surface area contributed by atoms with Crippen molar-refractivity contribution in [2.24, 2.45) is 5.73 Å². The number of anilines is 1. The lowest BCUT2D eigenvalue weighted by Gasteiger charge is -2.16. The van der Waals surface area contributed by atoms with Gasteiger partial charge in [-0.3, -0.25) is 10.2 Å². The topological polar surface area (TPSA) is 128 Å². The van der Waals surface area contributed by atoms with Crippen molar-refractivity contribution in [1.82, 2.24) is 5.32 Å². The molecule has 7 heteroatoms. The van der Waals surface area contributed by atoms with Gasteiger partial charge in [-0.2, -0.15) is 0 Å². The summed E-state index contributed by atoms with van der Waals surface area (Å²) in [5.74, 6) is -0.384. The Morgan fingerprint density at radius 1 is 1.33 bits per heavy atom. The van der Waals surface area contributed by atoms with E-state index in [9.17, 15) is 14.7 Å². The maximum atomic E-state index is 12.4. The average Bonchev–Trinajstić information content (AvgIpc) is 2.65. The van der Waals surface area contributed by atoms with E-state index in [-0.39, 0.29) is 30.3 Å². The highest BCUT2D eigenvalue weighted by Crippen LogP contribution is 2.30. The minimum atomic E-state index is -0.713. The number of nitrogen functional groups attached to an aromatic ring is 1. The summed E-state index contributed by atoms with van der Waals surface area (Å²) >= 11 is 0. The number of benzene rings is 2. The zero-order valence-electron chi connectivity index (χ0n) is 15.4. The summed E-state index contributed by atoms with van der Waals surface area (Å²) in [5, 5.41) is 23.3. The number of phenolic OH excluding ortho intramolecular Hbond substituents is 1. The van der Waals surface area contributed by atoms with Crippen LogP contribution in [0.1, 0.15) is 22.3 Å². The molecule has 0 saturated carbocycles. The third-order valence-electron chi connectivity index (χ3n) is 4.33. The first kappa shape index (κ1) is 20.0. The molecule has 0 heterocycles. The third kappa shape index (κ3) is 5.07. The summed E-state index contributed by atoms with van der Waals surface area (Å²) < 4.78 is 0. The predicted octanol–water partition coefficient (Wildman–Crippen LogP) is 1.50. The molecule has 0 aromatic heterocycles. The van der Waals surface area contributed by atoms with E-state index in [0.29, 0.717) is 23.1 Å². The number of carbonyl (C=O) groups is 2. The minimum absolute atomic E-state index is 0.0319. The van der Waals surface area contributed by atoms with Gasteiger partial charge in [0, 0.05) is 18.2 Å². The van der Waals surface area contributed by atoms with E-state index in [1.165, 1.54) is 0 Å². The van der Waals surface area contributed by atoms with Gasteiger partial charge in [-0.15, -0.1) is 0 Å². The summed E-state index contributed by atoms with van der Waals surface area (Å²) in [6, 6.07) is 9.83. The van der Waals surface area contributed by atoms with Gasteiger partial charge < -0.3 is 26.3 Å². The van der Waals surface area contributed by atoms with Gasteiger partial charge in [0.1, 0.15) is 17.9 Å². The molecule has 2 aromatic carbocycles. The number of aldehydes is 1. The molecular weight excluding hydrogens is 344 g/mol. The lowest BCUT2D eigenvalue weighted by atomic mass is 10.0. The number of nitrogens with two attached hydrogens (primary N) is 1. The summed E-state index contributed by atoms with van der Waals surface area (Å²) in [7, 11) is 1.69. The molecule has 0 aliphatic carbocycles. The number of rotatable bonds is 8. The Balaban J connectivity index is 2.09. The Morgan fingerprint density at radius 2 is 2.07 bits per heavy atom. The first-order valence-electron chi connectivity index (χ1n) is 8.53. The Bertz CT molecular complexity index is 864. The van der Waals surface area contributed by atoms with Crippen LogP contribution in [0.5, 0.6) is 5.75 Å². The van der Waals surface area contributed by atoms with Crippen LogP contribution in [-0.2, 0) is 22.4 Å². The molecule has 2 rings (SSSR count). The van der Waals surface area contributed by atoms with E-state index < -0.39 is 6.04 Å². The SMILES string of the molecule is CNc1ccc(C)c(CC(=O)NC(C=O)Cc2cccc(C(=N)N)c2)c1O. The minimum Gasteiger partial charge on any atom is -0.505 e. The van der Waals surface area contributed by atoms with Gasteiger partial charge in [0.05, 0.1) is 18.2 Å². The van der Waals surface area contributed by atoms with Crippen molar-refractivity contribution in [2.45, 2.75) is 25.8 Å². The van der Waals surface area contributed by atoms with Crippen molar-refractivity contribution in [3.05, 3.63) is 58.7 Å². The van der Waals surface area contributed by atoms with E-state index in [1.807, 2.05) is 19.1 Å². The number of aryl methyl sites for hydroxylation is 1. The molecule has 0 aliphatic heterocycles. The number of amides is 1. The summed E-state index contributed by atoms with van der Waals surface area (Å²) in [4.78, 5) is 23.8. The van der Waals surface area contributed by atoms with Crippen molar-refractivity contribution in [3.63, 3.8) is 0 Å². The number of hydrogen-bond donors (Lipinski definition) is 5. The van der Waals surface area contributed by atoms with Crippen molar-refractivity contribution in [1.29, 1.82) is 5.41 Å². The maximum absolute atomic E-state index is 12.4. The van der Waals surface area contributed by atoms with Crippen LogP contribution < -0.4 is 16.4 Å². The largest absolute Gasteiger partial charge is 0.505 e. The molecule has 1 amide bonds. The van der Waals surface area contributed by atoms with Crippen LogP contribution in [0.25, 0.3) is 0 Å². The van der Waals surface area contributed by atoms with E-state index in [4.69, 9.17) is 11.1 Å². The van der Waals surface area contributed by atoms with Crippen LogP contribution in [0.3, 0.4) is 0 Å². The van der Waals surface area contributed by atoms with E-state index in [1.54, 1.807) is 31.3 Å². The van der Waals surface area contributed by atoms with E-state index in [0.717, 1.165) is 11.1 Å². The Hall–Kier alpha value is -3.35. The molecule has 0 bridgehead atoms. The molecule has 0 fully saturated rings. The van der Waals surface area contributed by atoms with Crippen LogP contribution >= 0.6 is 0 Å². The summed E-state index contributed by atoms with van der Waals surface area (Å²) in [6.07, 6.45) is 0.929. The molecule has 7 nitrogen and oxygen atoms in total. The molecule has 6 N–H and O–H groups in total. The molecule has 27 heavy (non-hydrogen) atoms. The highest BCUT2D eigenvalue weighted by atomic mass is 16.3. The quantitative estimate of drug-likeness (QED) is 0.209. The van der Waals surface area contributed by atoms with Crippen molar-refractivity contribution < 1.29 is 14.7 Å². The Morgan fingerprint density at radius 3 is 2.70 bits per heavy atom. The average molecular weight is 368 g/mol. The van der Waals surface area contributed by atoms with Gasteiger partial charge >= 0.3 is 0 Å². The fraction of sp³-hybridized carbons (Fsp3) is 0.250. The molecule has 1 atom stereocenters. The molecule has 1 unspecified atom stereocenters.